The molecule has 1 aromatic carbocycles. The summed E-state index contributed by atoms with van der Waals surface area (Å²) in [5, 5.41) is 2.75. The first-order chi connectivity index (χ1) is 9.37. The number of halogens is 3. The lowest BCUT2D eigenvalue weighted by Crippen LogP contribution is -2.18. The minimum atomic E-state index is -4.77. The van der Waals surface area contributed by atoms with Gasteiger partial charge in [0.05, 0.1) is 5.69 Å². The molecule has 0 aliphatic heterocycles. The van der Waals surface area contributed by atoms with Crippen LogP contribution in [0.1, 0.15) is 5.56 Å². The molecule has 3 N–H and O–H groups in total. The molecular weight excluding hydrogens is 273 g/mol. The second-order valence-electron chi connectivity index (χ2n) is 3.90. The number of rotatable bonds is 3. The highest BCUT2D eigenvalue weighted by Crippen LogP contribution is 2.32. The van der Waals surface area contributed by atoms with E-state index in [-0.39, 0.29) is 17.3 Å². The van der Waals surface area contributed by atoms with E-state index in [1.807, 2.05) is 0 Å². The molecule has 106 valence electrons. The molecule has 8 heteroatoms. The molecule has 0 unspecified atom stereocenters. The molecule has 0 radical (unpaired) electrons. The Kier molecular flexibility index (Phi) is 3.64. The third-order valence-electron chi connectivity index (χ3n) is 2.49. The average molecular weight is 284 g/mol. The van der Waals surface area contributed by atoms with E-state index in [4.69, 9.17) is 5.73 Å². The maximum atomic E-state index is 12.3. The largest absolute Gasteiger partial charge is 0.573 e. The summed E-state index contributed by atoms with van der Waals surface area (Å²) in [4.78, 5) is 7.71. The Balaban J connectivity index is 2.32. The Hall–Kier alpha value is -2.51. The maximum Gasteiger partial charge on any atom is 0.573 e. The van der Waals surface area contributed by atoms with Gasteiger partial charge in [0, 0.05) is 5.56 Å². The molecule has 0 atom stereocenters. The molecule has 0 spiro atoms. The van der Waals surface area contributed by atoms with Gasteiger partial charge < -0.3 is 15.8 Å². The van der Waals surface area contributed by atoms with Crippen LogP contribution in [0.25, 0.3) is 0 Å². The van der Waals surface area contributed by atoms with Gasteiger partial charge in [0.2, 0.25) is 0 Å². The lowest BCUT2D eigenvalue weighted by Gasteiger charge is -2.15. The quantitative estimate of drug-likeness (QED) is 0.906. The lowest BCUT2D eigenvalue weighted by molar-refractivity contribution is -0.274. The van der Waals surface area contributed by atoms with Crippen molar-refractivity contribution in [3.8, 4) is 5.75 Å². The molecule has 0 saturated heterocycles. The van der Waals surface area contributed by atoms with Gasteiger partial charge in [-0.15, -0.1) is 13.2 Å². The summed E-state index contributed by atoms with van der Waals surface area (Å²) in [6.07, 6.45) is -3.55. The van der Waals surface area contributed by atoms with Crippen molar-refractivity contribution in [2.24, 2.45) is 0 Å². The highest BCUT2D eigenvalue weighted by molar-refractivity contribution is 5.68. The highest BCUT2D eigenvalue weighted by atomic mass is 19.4. The summed E-state index contributed by atoms with van der Waals surface area (Å²) in [7, 11) is 0. The van der Waals surface area contributed by atoms with Crippen LogP contribution in [0.15, 0.2) is 30.6 Å². The third-order valence-corrected chi connectivity index (χ3v) is 2.49. The fraction of sp³-hybridized carbons (Fsp3) is 0.167. The highest BCUT2D eigenvalue weighted by Gasteiger charge is 2.32. The van der Waals surface area contributed by atoms with Crippen molar-refractivity contribution >= 4 is 17.3 Å². The fourth-order valence-corrected chi connectivity index (χ4v) is 1.50. The Morgan fingerprint density at radius 3 is 2.60 bits per heavy atom. The molecule has 0 fully saturated rings. The number of nitrogens with zero attached hydrogens (tertiary/aromatic N) is 2. The van der Waals surface area contributed by atoms with Crippen LogP contribution in [0.4, 0.5) is 30.5 Å². The number of hydrogen-bond donors (Lipinski definition) is 2. The van der Waals surface area contributed by atoms with Gasteiger partial charge in [-0.3, -0.25) is 0 Å². The number of alkyl halides is 3. The van der Waals surface area contributed by atoms with Gasteiger partial charge in [-0.1, -0.05) is 12.1 Å². The number of ether oxygens (including phenoxy) is 1. The normalized spacial score (nSPS) is 11.2. The number of para-hydroxylation sites is 2. The van der Waals surface area contributed by atoms with E-state index < -0.39 is 6.36 Å². The molecule has 0 aliphatic rings. The van der Waals surface area contributed by atoms with Crippen LogP contribution < -0.4 is 15.8 Å². The minimum Gasteiger partial charge on any atom is -0.404 e. The van der Waals surface area contributed by atoms with Crippen molar-refractivity contribution in [2.75, 3.05) is 11.1 Å². The maximum absolute atomic E-state index is 12.3. The predicted octanol–water partition coefficient (Wildman–Crippen LogP) is 3.01. The van der Waals surface area contributed by atoms with E-state index in [2.05, 4.69) is 20.0 Å². The second kappa shape index (κ2) is 5.24. The summed E-state index contributed by atoms with van der Waals surface area (Å²) < 4.78 is 40.9. The zero-order chi connectivity index (χ0) is 14.8. The molecule has 1 heterocycles. The van der Waals surface area contributed by atoms with E-state index in [0.29, 0.717) is 11.4 Å². The van der Waals surface area contributed by atoms with Crippen LogP contribution in [0.3, 0.4) is 0 Å². The van der Waals surface area contributed by atoms with Crippen molar-refractivity contribution in [1.82, 2.24) is 9.97 Å². The first kappa shape index (κ1) is 13.9. The number of nitrogens with one attached hydrogen (secondary N) is 1. The number of nitrogens with two attached hydrogens (primary N) is 1. The standard InChI is InChI=1S/C12H11F3N4O/c1-7-10(16)17-6-18-11(7)19-8-4-2-3-5-9(8)20-12(13,14)15/h2-6H,1H3,(H3,16,17,18,19). The van der Waals surface area contributed by atoms with Crippen LogP contribution in [-0.2, 0) is 0 Å². The zero-order valence-electron chi connectivity index (χ0n) is 10.4. The first-order valence-corrected chi connectivity index (χ1v) is 5.55. The molecule has 0 saturated carbocycles. The van der Waals surface area contributed by atoms with E-state index in [1.165, 1.54) is 24.5 Å². The van der Waals surface area contributed by atoms with Crippen molar-refractivity contribution in [3.05, 3.63) is 36.2 Å². The van der Waals surface area contributed by atoms with Gasteiger partial charge in [0.1, 0.15) is 18.0 Å². The van der Waals surface area contributed by atoms with Crippen LogP contribution in [0.5, 0.6) is 5.75 Å². The number of aromatic nitrogens is 2. The topological polar surface area (TPSA) is 73.1 Å². The van der Waals surface area contributed by atoms with Gasteiger partial charge in [-0.25, -0.2) is 9.97 Å². The number of anilines is 3. The third kappa shape index (κ3) is 3.28. The van der Waals surface area contributed by atoms with Crippen molar-refractivity contribution < 1.29 is 17.9 Å². The monoisotopic (exact) mass is 284 g/mol. The minimum absolute atomic E-state index is 0.131. The summed E-state index contributed by atoms with van der Waals surface area (Å²) in [5.41, 5.74) is 6.28. The molecule has 2 aromatic rings. The zero-order valence-corrected chi connectivity index (χ0v) is 10.4. The van der Waals surface area contributed by atoms with Gasteiger partial charge in [-0.05, 0) is 19.1 Å². The Morgan fingerprint density at radius 1 is 1.20 bits per heavy atom. The summed E-state index contributed by atoms with van der Waals surface area (Å²) in [6, 6.07) is 5.66. The summed E-state index contributed by atoms with van der Waals surface area (Å²) in [5.74, 6) is 0.212. The fourth-order valence-electron chi connectivity index (χ4n) is 1.50. The van der Waals surface area contributed by atoms with Crippen LogP contribution in [-0.4, -0.2) is 16.3 Å². The predicted molar refractivity (Wildman–Crippen MR) is 67.6 cm³/mol. The first-order valence-electron chi connectivity index (χ1n) is 5.55. The molecule has 0 amide bonds. The van der Waals surface area contributed by atoms with E-state index in [9.17, 15) is 13.2 Å². The van der Waals surface area contributed by atoms with E-state index >= 15 is 0 Å². The molecule has 2 rings (SSSR count). The van der Waals surface area contributed by atoms with Gasteiger partial charge in [-0.2, -0.15) is 0 Å². The summed E-state index contributed by atoms with van der Waals surface area (Å²) >= 11 is 0. The van der Waals surface area contributed by atoms with Crippen molar-refractivity contribution in [3.63, 3.8) is 0 Å². The van der Waals surface area contributed by atoms with Gasteiger partial charge in [0.25, 0.3) is 0 Å². The Bertz CT molecular complexity index is 616. The van der Waals surface area contributed by atoms with Crippen molar-refractivity contribution in [2.45, 2.75) is 13.3 Å². The van der Waals surface area contributed by atoms with Crippen LogP contribution >= 0.6 is 0 Å². The number of hydrogen-bond acceptors (Lipinski definition) is 5. The lowest BCUT2D eigenvalue weighted by atomic mass is 10.2. The molecule has 20 heavy (non-hydrogen) atoms. The average Bonchev–Trinajstić information content (AvgIpc) is 2.35. The van der Waals surface area contributed by atoms with Gasteiger partial charge in [0.15, 0.2) is 5.75 Å². The number of benzene rings is 1. The molecule has 1 aromatic heterocycles. The van der Waals surface area contributed by atoms with Crippen LogP contribution in [0.2, 0.25) is 0 Å². The summed E-state index contributed by atoms with van der Waals surface area (Å²) in [6.45, 7) is 1.66. The Labute approximate surface area is 112 Å². The van der Waals surface area contributed by atoms with Crippen molar-refractivity contribution in [1.29, 1.82) is 0 Å². The molecular formula is C12H11F3N4O. The SMILES string of the molecule is Cc1c(N)ncnc1Nc1ccccc1OC(F)(F)F. The van der Waals surface area contributed by atoms with E-state index in [1.54, 1.807) is 13.0 Å². The van der Waals surface area contributed by atoms with Gasteiger partial charge >= 0.3 is 6.36 Å². The molecule has 0 aliphatic carbocycles. The second-order valence-corrected chi connectivity index (χ2v) is 3.90. The smallest absolute Gasteiger partial charge is 0.404 e. The molecule has 0 bridgehead atoms. The van der Waals surface area contributed by atoms with Crippen LogP contribution in [0, 0.1) is 6.92 Å². The van der Waals surface area contributed by atoms with E-state index in [0.717, 1.165) is 0 Å². The molecule has 5 nitrogen and oxygen atoms in total. The Morgan fingerprint density at radius 2 is 1.90 bits per heavy atom. The number of nitrogen functional groups attached to an aromatic ring is 1.